The van der Waals surface area contributed by atoms with Crippen LogP contribution in [0.1, 0.15) is 25.2 Å². The van der Waals surface area contributed by atoms with E-state index in [-0.39, 0.29) is 0 Å². The molecule has 3 rings (SSSR count). The zero-order valence-electron chi connectivity index (χ0n) is 11.2. The minimum Gasteiger partial charge on any atom is -0.318 e. The fourth-order valence-corrected chi connectivity index (χ4v) is 3.30. The Hall–Kier alpha value is -1.49. The molecule has 100 valence electrons. The van der Waals surface area contributed by atoms with Crippen LogP contribution in [0.3, 0.4) is 0 Å². The van der Waals surface area contributed by atoms with Crippen LogP contribution in [0.15, 0.2) is 35.5 Å². The molecule has 19 heavy (non-hydrogen) atoms. The molecule has 4 nitrogen and oxygen atoms in total. The highest BCUT2D eigenvalue weighted by atomic mass is 32.2. The monoisotopic (exact) mass is 274 g/mol. The number of hydrogen-bond donors (Lipinski definition) is 1. The number of fused-ring (bicyclic) bond motifs is 1. The molecule has 0 fully saturated rings. The van der Waals surface area contributed by atoms with Crippen molar-refractivity contribution in [2.24, 2.45) is 5.92 Å². The highest BCUT2D eigenvalue weighted by Crippen LogP contribution is 2.25. The minimum atomic E-state index is 0.475. The van der Waals surface area contributed by atoms with Crippen molar-refractivity contribution in [3.8, 4) is 0 Å². The third kappa shape index (κ3) is 2.61. The molecule has 0 spiro atoms. The third-order valence-electron chi connectivity index (χ3n) is 3.40. The number of nitrogens with zero attached hydrogens (tertiary/aromatic N) is 3. The van der Waals surface area contributed by atoms with Gasteiger partial charge in [0.05, 0.1) is 6.04 Å². The summed E-state index contributed by atoms with van der Waals surface area (Å²) in [5.74, 6) is 2.65. The minimum absolute atomic E-state index is 0.475. The van der Waals surface area contributed by atoms with Crippen LogP contribution in [0.25, 0.3) is 0 Å². The van der Waals surface area contributed by atoms with Gasteiger partial charge in [0.15, 0.2) is 5.82 Å². The topological polar surface area (TPSA) is 42.7 Å². The molecular formula is C14H18N4S. The van der Waals surface area contributed by atoms with E-state index in [0.29, 0.717) is 12.0 Å². The summed E-state index contributed by atoms with van der Waals surface area (Å²) in [6, 6.07) is 10.9. The highest BCUT2D eigenvalue weighted by molar-refractivity contribution is 7.99. The van der Waals surface area contributed by atoms with Crippen LogP contribution >= 0.6 is 11.8 Å². The van der Waals surface area contributed by atoms with Crippen LogP contribution in [0.4, 0.5) is 0 Å². The largest absolute Gasteiger partial charge is 0.318 e. The van der Waals surface area contributed by atoms with E-state index in [1.54, 1.807) is 11.8 Å². The number of aromatic nitrogens is 3. The van der Waals surface area contributed by atoms with Gasteiger partial charge in [0.1, 0.15) is 0 Å². The number of rotatable bonds is 3. The zero-order valence-corrected chi connectivity index (χ0v) is 12.0. The van der Waals surface area contributed by atoms with E-state index in [1.165, 1.54) is 5.56 Å². The van der Waals surface area contributed by atoms with Gasteiger partial charge in [-0.2, -0.15) is 0 Å². The van der Waals surface area contributed by atoms with Crippen LogP contribution in [0, 0.1) is 5.92 Å². The van der Waals surface area contributed by atoms with E-state index in [9.17, 15) is 0 Å². The Kier molecular flexibility index (Phi) is 3.46. The first kappa shape index (κ1) is 12.5. The maximum atomic E-state index is 4.32. The summed E-state index contributed by atoms with van der Waals surface area (Å²) in [6.45, 7) is 4.48. The molecule has 1 aliphatic heterocycles. The molecule has 0 aliphatic carbocycles. The van der Waals surface area contributed by atoms with Crippen molar-refractivity contribution >= 4 is 11.8 Å². The maximum absolute atomic E-state index is 4.32. The Morgan fingerprint density at radius 3 is 2.84 bits per heavy atom. The molecule has 1 aromatic heterocycles. The Bertz CT molecular complexity index is 550. The fraction of sp³-hybridized carbons (Fsp3) is 0.429. The molecule has 1 unspecified atom stereocenters. The second-order valence-electron chi connectivity index (χ2n) is 5.19. The summed E-state index contributed by atoms with van der Waals surface area (Å²) in [5.41, 5.74) is 4.80. The summed E-state index contributed by atoms with van der Waals surface area (Å²) in [4.78, 5) is 0. The van der Waals surface area contributed by atoms with Gasteiger partial charge in [-0.1, -0.05) is 55.9 Å². The molecular weight excluding hydrogens is 256 g/mol. The second kappa shape index (κ2) is 5.25. The van der Waals surface area contributed by atoms with Crippen LogP contribution in [-0.2, 0) is 6.42 Å². The quantitative estimate of drug-likeness (QED) is 0.934. The summed E-state index contributed by atoms with van der Waals surface area (Å²) < 4.78 is 2.06. The summed E-state index contributed by atoms with van der Waals surface area (Å²) >= 11 is 1.78. The average molecular weight is 274 g/mol. The van der Waals surface area contributed by atoms with Gasteiger partial charge in [0.25, 0.3) is 0 Å². The standard InChI is InChI=1S/C14H18N4S/c1-10(2)12-9-19-14-16-15-13(18(14)17-12)8-11-6-4-3-5-7-11/h3-7,10,12,17H,8-9H2,1-2H3. The molecule has 0 amide bonds. The Balaban J connectivity index is 1.83. The normalized spacial score (nSPS) is 18.2. The van der Waals surface area contributed by atoms with Crippen molar-refractivity contribution in [1.82, 2.24) is 14.9 Å². The lowest BCUT2D eigenvalue weighted by molar-refractivity contribution is 0.496. The molecule has 1 atom stereocenters. The van der Waals surface area contributed by atoms with Crippen molar-refractivity contribution in [2.75, 3.05) is 11.2 Å². The average Bonchev–Trinajstić information content (AvgIpc) is 2.82. The predicted octanol–water partition coefficient (Wildman–Crippen LogP) is 2.54. The predicted molar refractivity (Wildman–Crippen MR) is 78.0 cm³/mol. The first-order chi connectivity index (χ1) is 9.24. The van der Waals surface area contributed by atoms with Gasteiger partial charge in [-0.05, 0) is 11.5 Å². The lowest BCUT2D eigenvalue weighted by atomic mass is 10.1. The van der Waals surface area contributed by atoms with E-state index in [0.717, 1.165) is 23.2 Å². The Morgan fingerprint density at radius 1 is 1.32 bits per heavy atom. The summed E-state index contributed by atoms with van der Waals surface area (Å²) in [6.07, 6.45) is 0.812. The van der Waals surface area contributed by atoms with Gasteiger partial charge in [-0.15, -0.1) is 10.2 Å². The SMILES string of the molecule is CC(C)C1CSc2nnc(Cc3ccccc3)n2N1. The first-order valence-electron chi connectivity index (χ1n) is 6.61. The molecule has 2 aromatic rings. The van der Waals surface area contributed by atoms with Crippen LogP contribution in [0.5, 0.6) is 0 Å². The van der Waals surface area contributed by atoms with E-state index < -0.39 is 0 Å². The van der Waals surface area contributed by atoms with Gasteiger partial charge in [-0.25, -0.2) is 4.68 Å². The molecule has 1 N–H and O–H groups in total. The molecule has 1 aromatic carbocycles. The smallest absolute Gasteiger partial charge is 0.210 e. The maximum Gasteiger partial charge on any atom is 0.210 e. The Labute approximate surface area is 117 Å². The molecule has 0 saturated carbocycles. The van der Waals surface area contributed by atoms with Crippen LogP contribution < -0.4 is 5.43 Å². The van der Waals surface area contributed by atoms with Crippen molar-refractivity contribution in [3.63, 3.8) is 0 Å². The summed E-state index contributed by atoms with van der Waals surface area (Å²) in [7, 11) is 0. The fourth-order valence-electron chi connectivity index (χ4n) is 2.13. The van der Waals surface area contributed by atoms with Crippen molar-refractivity contribution < 1.29 is 0 Å². The Morgan fingerprint density at radius 2 is 2.11 bits per heavy atom. The van der Waals surface area contributed by atoms with Crippen LogP contribution in [0.2, 0.25) is 0 Å². The van der Waals surface area contributed by atoms with E-state index in [2.05, 4.69) is 58.4 Å². The molecule has 0 bridgehead atoms. The van der Waals surface area contributed by atoms with Gasteiger partial charge in [-0.3, -0.25) is 0 Å². The molecule has 0 radical (unpaired) electrons. The van der Waals surface area contributed by atoms with E-state index in [1.807, 2.05) is 6.07 Å². The third-order valence-corrected chi connectivity index (χ3v) is 4.45. The molecule has 5 heteroatoms. The van der Waals surface area contributed by atoms with E-state index >= 15 is 0 Å². The number of nitrogens with one attached hydrogen (secondary N) is 1. The van der Waals surface area contributed by atoms with Crippen molar-refractivity contribution in [2.45, 2.75) is 31.5 Å². The number of benzene rings is 1. The van der Waals surface area contributed by atoms with E-state index in [4.69, 9.17) is 0 Å². The van der Waals surface area contributed by atoms with Gasteiger partial charge < -0.3 is 5.43 Å². The number of thioether (sulfide) groups is 1. The van der Waals surface area contributed by atoms with Gasteiger partial charge in [0, 0.05) is 12.2 Å². The molecule has 1 aliphatic rings. The van der Waals surface area contributed by atoms with Crippen molar-refractivity contribution in [3.05, 3.63) is 41.7 Å². The second-order valence-corrected chi connectivity index (χ2v) is 6.17. The van der Waals surface area contributed by atoms with Gasteiger partial charge >= 0.3 is 0 Å². The van der Waals surface area contributed by atoms with Gasteiger partial charge in [0.2, 0.25) is 5.16 Å². The highest BCUT2D eigenvalue weighted by Gasteiger charge is 2.24. The van der Waals surface area contributed by atoms with Crippen molar-refractivity contribution in [1.29, 1.82) is 0 Å². The molecule has 0 saturated heterocycles. The number of hydrogen-bond acceptors (Lipinski definition) is 4. The first-order valence-corrected chi connectivity index (χ1v) is 7.60. The lowest BCUT2D eigenvalue weighted by Gasteiger charge is -2.28. The summed E-state index contributed by atoms with van der Waals surface area (Å²) in [5, 5.41) is 9.55. The lowest BCUT2D eigenvalue weighted by Crippen LogP contribution is -2.39. The van der Waals surface area contributed by atoms with Crippen LogP contribution in [-0.4, -0.2) is 26.7 Å². The molecule has 2 heterocycles. The zero-order chi connectivity index (χ0) is 13.2.